The Hall–Kier alpha value is -4.55. The van der Waals surface area contributed by atoms with Crippen LogP contribution in [-0.4, -0.2) is 36.9 Å². The van der Waals surface area contributed by atoms with Gasteiger partial charge >= 0.3 is 5.69 Å². The molecule has 42 heavy (non-hydrogen) atoms. The van der Waals surface area contributed by atoms with Crippen LogP contribution in [0.5, 0.6) is 5.75 Å². The number of hydrogen-bond donors (Lipinski definition) is 1. The highest BCUT2D eigenvalue weighted by Gasteiger charge is 2.24. The highest BCUT2D eigenvalue weighted by molar-refractivity contribution is 6.34. The van der Waals surface area contributed by atoms with Crippen molar-refractivity contribution < 1.29 is 18.3 Å². The molecule has 1 amide bonds. The van der Waals surface area contributed by atoms with Gasteiger partial charge in [-0.25, -0.2) is 18.6 Å². The number of aryl methyl sites for hydroxylation is 1. The molecule has 0 atom stereocenters. The Labute approximate surface area is 245 Å². The molecule has 1 N–H and O–H groups in total. The van der Waals surface area contributed by atoms with Crippen LogP contribution in [0.15, 0.2) is 52.3 Å². The highest BCUT2D eigenvalue weighted by atomic mass is 35.5. The van der Waals surface area contributed by atoms with Gasteiger partial charge in [-0.3, -0.25) is 23.4 Å². The number of fused-ring (bicyclic) bond motifs is 2. The summed E-state index contributed by atoms with van der Waals surface area (Å²) in [5, 5.41) is 6.82. The maximum Gasteiger partial charge on any atom is 0.332 e. The lowest BCUT2D eigenvalue weighted by molar-refractivity contribution is -0.115. The lowest BCUT2D eigenvalue weighted by atomic mass is 9.99. The first-order valence-electron chi connectivity index (χ1n) is 12.5. The average molecular weight is 613 g/mol. The number of rotatable bonds is 6. The van der Waals surface area contributed by atoms with Gasteiger partial charge in [-0.1, -0.05) is 23.2 Å². The molecule has 3 aromatic carbocycles. The van der Waals surface area contributed by atoms with E-state index in [1.807, 2.05) is 0 Å². The van der Waals surface area contributed by atoms with Gasteiger partial charge in [0.15, 0.2) is 17.5 Å². The van der Waals surface area contributed by atoms with E-state index >= 15 is 0 Å². The zero-order chi connectivity index (χ0) is 29.9. The number of carbonyl (C=O) groups excluding carboxylic acids is 1. The summed E-state index contributed by atoms with van der Waals surface area (Å²) >= 11 is 12.5. The molecule has 0 saturated carbocycles. The van der Waals surface area contributed by atoms with Crippen LogP contribution in [-0.2, 0) is 31.4 Å². The summed E-state index contributed by atoms with van der Waals surface area (Å²) in [4.78, 5) is 43.8. The second kappa shape index (κ2) is 10.4. The molecule has 10 nitrogen and oxygen atoms in total. The van der Waals surface area contributed by atoms with Crippen LogP contribution in [0.2, 0.25) is 10.0 Å². The molecule has 1 aliphatic rings. The summed E-state index contributed by atoms with van der Waals surface area (Å²) in [5.41, 5.74) is 1.25. The molecule has 0 radical (unpaired) electrons. The number of amides is 1. The van der Waals surface area contributed by atoms with Crippen LogP contribution in [0.4, 0.5) is 14.5 Å². The molecular weight excluding hydrogens is 593 g/mol. The number of halogens is 4. The van der Waals surface area contributed by atoms with Crippen molar-refractivity contribution in [3.63, 3.8) is 0 Å². The second-order valence-corrected chi connectivity index (χ2v) is 10.6. The minimum absolute atomic E-state index is 0.0552. The number of hydrogen-bond acceptors (Lipinski definition) is 6. The second-order valence-electron chi connectivity index (χ2n) is 9.75. The highest BCUT2D eigenvalue weighted by Crippen LogP contribution is 2.38. The van der Waals surface area contributed by atoms with Crippen molar-refractivity contribution in [3.8, 4) is 16.9 Å². The van der Waals surface area contributed by atoms with E-state index in [0.29, 0.717) is 21.8 Å². The summed E-state index contributed by atoms with van der Waals surface area (Å²) in [6.45, 7) is -0.527. The standard InChI is InChI=1S/C28H20Cl2F2N6O4/c1-36-12-33-23(35-36)11-38-27(40)25-21(37(28(38)41)10-13-3-18(30)26(32)19(31)4-13)6-14(7-22(25)42-2)16-5-15-8-24(39)34-20(15)9-17(16)29/h3-7,9,12H,8,10-11H2,1-2H3,(H,34,39). The third-order valence-corrected chi connectivity index (χ3v) is 7.56. The van der Waals surface area contributed by atoms with Gasteiger partial charge in [0.2, 0.25) is 5.91 Å². The molecule has 214 valence electrons. The average Bonchev–Trinajstić information content (AvgIpc) is 3.53. The van der Waals surface area contributed by atoms with E-state index in [1.54, 1.807) is 31.3 Å². The van der Waals surface area contributed by atoms with Crippen molar-refractivity contribution in [2.24, 2.45) is 7.05 Å². The SMILES string of the molecule is COc1cc(-c2cc3c(cc2Cl)NC(=O)C3)cc2c1c(=O)n(Cc1ncn(C)n1)c(=O)n2Cc1cc(F)c(F)c(Cl)c1. The number of aromatic nitrogens is 5. The number of carbonyl (C=O) groups is 1. The fourth-order valence-electron chi connectivity index (χ4n) is 5.06. The fraction of sp³-hybridized carbons (Fsp3) is 0.179. The third kappa shape index (κ3) is 4.72. The van der Waals surface area contributed by atoms with E-state index in [4.69, 9.17) is 27.9 Å². The molecule has 5 aromatic rings. The lowest BCUT2D eigenvalue weighted by Gasteiger charge is -2.18. The molecule has 2 aromatic heterocycles. The molecule has 0 spiro atoms. The third-order valence-electron chi connectivity index (χ3n) is 6.97. The Morgan fingerprint density at radius 1 is 1.00 bits per heavy atom. The van der Waals surface area contributed by atoms with Crippen molar-refractivity contribution >= 4 is 45.7 Å². The number of ether oxygens (including phenoxy) is 1. The number of nitrogens with one attached hydrogen (secondary N) is 1. The summed E-state index contributed by atoms with van der Waals surface area (Å²) in [6, 6.07) is 8.70. The molecular formula is C28H20Cl2F2N6O4. The van der Waals surface area contributed by atoms with Crippen molar-refractivity contribution in [1.29, 1.82) is 0 Å². The van der Waals surface area contributed by atoms with Crippen LogP contribution in [0, 0.1) is 11.6 Å². The lowest BCUT2D eigenvalue weighted by Crippen LogP contribution is -2.41. The molecule has 3 heterocycles. The number of methoxy groups -OCH3 is 1. The minimum Gasteiger partial charge on any atom is -0.496 e. The van der Waals surface area contributed by atoms with Gasteiger partial charge in [0.05, 0.1) is 42.2 Å². The predicted octanol–water partition coefficient (Wildman–Crippen LogP) is 4.14. The van der Waals surface area contributed by atoms with Gasteiger partial charge in [-0.15, -0.1) is 0 Å². The fourth-order valence-corrected chi connectivity index (χ4v) is 5.56. The predicted molar refractivity (Wildman–Crippen MR) is 152 cm³/mol. The van der Waals surface area contributed by atoms with Gasteiger partial charge in [0.1, 0.15) is 17.5 Å². The largest absolute Gasteiger partial charge is 0.496 e. The van der Waals surface area contributed by atoms with Gasteiger partial charge < -0.3 is 10.1 Å². The van der Waals surface area contributed by atoms with Gasteiger partial charge in [0, 0.05) is 18.3 Å². The molecule has 0 aliphatic carbocycles. The van der Waals surface area contributed by atoms with E-state index in [2.05, 4.69) is 15.4 Å². The van der Waals surface area contributed by atoms with E-state index < -0.39 is 27.9 Å². The quantitative estimate of drug-likeness (QED) is 0.288. The molecule has 14 heteroatoms. The Morgan fingerprint density at radius 2 is 1.79 bits per heavy atom. The molecule has 0 unspecified atom stereocenters. The first-order valence-corrected chi connectivity index (χ1v) is 13.3. The van der Waals surface area contributed by atoms with Crippen LogP contribution in [0.1, 0.15) is 17.0 Å². The Morgan fingerprint density at radius 3 is 2.48 bits per heavy atom. The summed E-state index contributed by atoms with van der Waals surface area (Å²) in [6.07, 6.45) is 1.59. The van der Waals surface area contributed by atoms with E-state index in [0.717, 1.165) is 16.2 Å². The first-order chi connectivity index (χ1) is 20.0. The minimum atomic E-state index is -1.22. The number of benzene rings is 3. The maximum absolute atomic E-state index is 14.3. The topological polar surface area (TPSA) is 113 Å². The Balaban J connectivity index is 1.63. The van der Waals surface area contributed by atoms with Crippen molar-refractivity contribution in [2.75, 3.05) is 12.4 Å². The van der Waals surface area contributed by atoms with Crippen molar-refractivity contribution in [2.45, 2.75) is 19.5 Å². The van der Waals surface area contributed by atoms with Gasteiger partial charge in [-0.2, -0.15) is 5.10 Å². The van der Waals surface area contributed by atoms with E-state index in [1.165, 1.54) is 28.8 Å². The number of anilines is 1. The Kier molecular flexibility index (Phi) is 6.82. The zero-order valence-corrected chi connectivity index (χ0v) is 23.6. The van der Waals surface area contributed by atoms with Gasteiger partial charge in [-0.05, 0) is 53.1 Å². The van der Waals surface area contributed by atoms with Crippen LogP contribution in [0.25, 0.3) is 22.0 Å². The van der Waals surface area contributed by atoms with Crippen molar-refractivity contribution in [3.05, 3.63) is 102 Å². The number of nitrogens with zero attached hydrogens (tertiary/aromatic N) is 5. The molecule has 0 bridgehead atoms. The zero-order valence-electron chi connectivity index (χ0n) is 22.0. The summed E-state index contributed by atoms with van der Waals surface area (Å²) in [7, 11) is 3.02. The van der Waals surface area contributed by atoms with E-state index in [9.17, 15) is 23.2 Å². The van der Waals surface area contributed by atoms with Crippen LogP contribution < -0.4 is 21.3 Å². The monoisotopic (exact) mass is 612 g/mol. The molecule has 0 fully saturated rings. The normalized spacial score (nSPS) is 12.6. The summed E-state index contributed by atoms with van der Waals surface area (Å²) < 4.78 is 37.5. The Bertz CT molecular complexity index is 2050. The van der Waals surface area contributed by atoms with Crippen molar-refractivity contribution in [1.82, 2.24) is 23.9 Å². The molecule has 0 saturated heterocycles. The smallest absolute Gasteiger partial charge is 0.332 e. The summed E-state index contributed by atoms with van der Waals surface area (Å²) in [5.74, 6) is -2.23. The van der Waals surface area contributed by atoms with Crippen LogP contribution >= 0.6 is 23.2 Å². The van der Waals surface area contributed by atoms with E-state index in [-0.39, 0.29) is 53.5 Å². The maximum atomic E-state index is 14.3. The molecule has 1 aliphatic heterocycles. The van der Waals surface area contributed by atoms with Gasteiger partial charge in [0.25, 0.3) is 5.56 Å². The molecule has 6 rings (SSSR count). The van der Waals surface area contributed by atoms with Crippen LogP contribution in [0.3, 0.4) is 0 Å². The first kappa shape index (κ1) is 27.6.